The molecule has 1 fully saturated rings. The number of carbonyl (C=O) groups is 1. The highest BCUT2D eigenvalue weighted by Gasteiger charge is 2.20. The molecular formula is C16H24FN3O2. The molecule has 1 heterocycles. The third kappa shape index (κ3) is 4.96. The highest BCUT2D eigenvalue weighted by atomic mass is 19.1. The molecule has 5 nitrogen and oxygen atoms in total. The predicted octanol–water partition coefficient (Wildman–Crippen LogP) is 1.10. The lowest BCUT2D eigenvalue weighted by Gasteiger charge is -2.35. The summed E-state index contributed by atoms with van der Waals surface area (Å²) in [6, 6.07) is 6.82. The third-order valence-electron chi connectivity index (χ3n) is 3.78. The number of hydrogen-bond donors (Lipinski definition) is 1. The highest BCUT2D eigenvalue weighted by Crippen LogP contribution is 2.19. The smallest absolute Gasteiger partial charge is 0.234 e. The van der Waals surface area contributed by atoms with Crippen LogP contribution in [-0.2, 0) is 9.53 Å². The molecule has 1 amide bonds. The maximum atomic E-state index is 13.8. The van der Waals surface area contributed by atoms with Crippen LogP contribution in [0.15, 0.2) is 24.3 Å². The summed E-state index contributed by atoms with van der Waals surface area (Å²) < 4.78 is 18.7. The van der Waals surface area contributed by atoms with E-state index in [0.717, 1.165) is 32.6 Å². The van der Waals surface area contributed by atoms with Gasteiger partial charge in [0.1, 0.15) is 5.82 Å². The number of methoxy groups -OCH3 is 1. The lowest BCUT2D eigenvalue weighted by Crippen LogP contribution is -2.49. The second-order valence-electron chi connectivity index (χ2n) is 5.41. The number of rotatable bonds is 7. The van der Waals surface area contributed by atoms with Gasteiger partial charge in [-0.25, -0.2) is 4.39 Å². The average molecular weight is 309 g/mol. The van der Waals surface area contributed by atoms with Gasteiger partial charge in [0.05, 0.1) is 12.2 Å². The topological polar surface area (TPSA) is 44.8 Å². The van der Waals surface area contributed by atoms with Crippen molar-refractivity contribution in [3.63, 3.8) is 0 Å². The van der Waals surface area contributed by atoms with Crippen molar-refractivity contribution in [2.75, 3.05) is 57.9 Å². The molecular weight excluding hydrogens is 285 g/mol. The standard InChI is InChI=1S/C16H24FN3O2/c1-22-12-4-7-18-16(21)13-19-8-10-20(11-9-19)15-6-3-2-5-14(15)17/h2-3,5-6H,4,7-13H2,1H3,(H,18,21). The van der Waals surface area contributed by atoms with Gasteiger partial charge in [-0.2, -0.15) is 0 Å². The predicted molar refractivity (Wildman–Crippen MR) is 84.6 cm³/mol. The summed E-state index contributed by atoms with van der Waals surface area (Å²) in [6.07, 6.45) is 0.823. The zero-order valence-corrected chi connectivity index (χ0v) is 13.1. The minimum atomic E-state index is -0.188. The molecule has 0 spiro atoms. The summed E-state index contributed by atoms with van der Waals surface area (Å²) in [5, 5.41) is 2.88. The lowest BCUT2D eigenvalue weighted by atomic mass is 10.2. The number of nitrogens with zero attached hydrogens (tertiary/aromatic N) is 2. The van der Waals surface area contributed by atoms with Crippen LogP contribution in [0.25, 0.3) is 0 Å². The molecule has 6 heteroatoms. The van der Waals surface area contributed by atoms with Crippen molar-refractivity contribution in [1.29, 1.82) is 0 Å². The van der Waals surface area contributed by atoms with Gasteiger partial charge in [0, 0.05) is 46.4 Å². The van der Waals surface area contributed by atoms with Gasteiger partial charge >= 0.3 is 0 Å². The fourth-order valence-electron chi connectivity index (χ4n) is 2.56. The van der Waals surface area contributed by atoms with Crippen molar-refractivity contribution in [3.8, 4) is 0 Å². The fourth-order valence-corrected chi connectivity index (χ4v) is 2.56. The van der Waals surface area contributed by atoms with Crippen LogP contribution in [0.2, 0.25) is 0 Å². The molecule has 0 saturated carbocycles. The minimum absolute atomic E-state index is 0.0374. The highest BCUT2D eigenvalue weighted by molar-refractivity contribution is 5.78. The van der Waals surface area contributed by atoms with Gasteiger partial charge in [0.15, 0.2) is 0 Å². The lowest BCUT2D eigenvalue weighted by molar-refractivity contribution is -0.122. The Labute approximate surface area is 131 Å². The molecule has 0 radical (unpaired) electrons. The van der Waals surface area contributed by atoms with Gasteiger partial charge in [0.25, 0.3) is 0 Å². The Hall–Kier alpha value is -1.66. The summed E-state index contributed by atoms with van der Waals surface area (Å²) in [5.41, 5.74) is 0.645. The zero-order chi connectivity index (χ0) is 15.8. The number of ether oxygens (including phenoxy) is 1. The Morgan fingerprint density at radius 3 is 2.68 bits per heavy atom. The second kappa shape index (κ2) is 8.70. The first-order chi connectivity index (χ1) is 10.7. The van der Waals surface area contributed by atoms with E-state index in [0.29, 0.717) is 25.4 Å². The fraction of sp³-hybridized carbons (Fsp3) is 0.562. The molecule has 0 aliphatic carbocycles. The first-order valence-electron chi connectivity index (χ1n) is 7.68. The van der Waals surface area contributed by atoms with E-state index < -0.39 is 0 Å². The molecule has 0 bridgehead atoms. The summed E-state index contributed by atoms with van der Waals surface area (Å²) in [5.74, 6) is -0.151. The monoisotopic (exact) mass is 309 g/mol. The normalized spacial score (nSPS) is 15.8. The number of halogens is 1. The molecule has 0 aromatic heterocycles. The number of nitrogens with one attached hydrogen (secondary N) is 1. The Balaban J connectivity index is 1.71. The number of anilines is 1. The molecule has 1 aromatic rings. The van der Waals surface area contributed by atoms with Crippen LogP contribution < -0.4 is 10.2 Å². The molecule has 22 heavy (non-hydrogen) atoms. The van der Waals surface area contributed by atoms with Crippen molar-refractivity contribution < 1.29 is 13.9 Å². The van der Waals surface area contributed by atoms with Crippen molar-refractivity contribution in [1.82, 2.24) is 10.2 Å². The Kier molecular flexibility index (Phi) is 6.61. The molecule has 1 saturated heterocycles. The van der Waals surface area contributed by atoms with Gasteiger partial charge in [-0.05, 0) is 18.6 Å². The van der Waals surface area contributed by atoms with Crippen LogP contribution in [0.1, 0.15) is 6.42 Å². The number of para-hydroxylation sites is 1. The largest absolute Gasteiger partial charge is 0.385 e. The number of amides is 1. The van der Waals surface area contributed by atoms with Crippen LogP contribution in [0, 0.1) is 5.82 Å². The molecule has 1 aliphatic rings. The van der Waals surface area contributed by atoms with Crippen LogP contribution >= 0.6 is 0 Å². The van der Waals surface area contributed by atoms with Crippen LogP contribution in [0.4, 0.5) is 10.1 Å². The van der Waals surface area contributed by atoms with Crippen molar-refractivity contribution in [2.45, 2.75) is 6.42 Å². The van der Waals surface area contributed by atoms with Crippen molar-refractivity contribution >= 4 is 11.6 Å². The quantitative estimate of drug-likeness (QED) is 0.766. The summed E-state index contributed by atoms with van der Waals surface area (Å²) in [6.45, 7) is 4.69. The Morgan fingerprint density at radius 2 is 2.00 bits per heavy atom. The maximum absolute atomic E-state index is 13.8. The van der Waals surface area contributed by atoms with Gasteiger partial charge < -0.3 is 15.0 Å². The first-order valence-corrected chi connectivity index (χ1v) is 7.68. The van der Waals surface area contributed by atoms with Gasteiger partial charge in [-0.3, -0.25) is 9.69 Å². The van der Waals surface area contributed by atoms with E-state index in [1.54, 1.807) is 19.2 Å². The minimum Gasteiger partial charge on any atom is -0.385 e. The number of benzene rings is 1. The van der Waals surface area contributed by atoms with Gasteiger partial charge in [-0.1, -0.05) is 12.1 Å². The summed E-state index contributed by atoms with van der Waals surface area (Å²) in [4.78, 5) is 15.9. The second-order valence-corrected chi connectivity index (χ2v) is 5.41. The van der Waals surface area contributed by atoms with E-state index in [4.69, 9.17) is 4.74 Å². The van der Waals surface area contributed by atoms with E-state index in [-0.39, 0.29) is 11.7 Å². The van der Waals surface area contributed by atoms with Gasteiger partial charge in [-0.15, -0.1) is 0 Å². The van der Waals surface area contributed by atoms with Gasteiger partial charge in [0.2, 0.25) is 5.91 Å². The Morgan fingerprint density at radius 1 is 1.27 bits per heavy atom. The average Bonchev–Trinajstić information content (AvgIpc) is 2.53. The molecule has 2 rings (SSSR count). The van der Waals surface area contributed by atoms with Crippen molar-refractivity contribution in [2.24, 2.45) is 0 Å². The van der Waals surface area contributed by atoms with Crippen LogP contribution in [-0.4, -0.2) is 63.8 Å². The number of hydrogen-bond acceptors (Lipinski definition) is 4. The third-order valence-corrected chi connectivity index (χ3v) is 3.78. The Bertz CT molecular complexity index is 476. The van der Waals surface area contributed by atoms with Crippen molar-refractivity contribution in [3.05, 3.63) is 30.1 Å². The molecule has 122 valence electrons. The molecule has 1 aromatic carbocycles. The van der Waals surface area contributed by atoms with E-state index >= 15 is 0 Å². The van der Waals surface area contributed by atoms with E-state index in [1.807, 2.05) is 11.0 Å². The molecule has 1 aliphatic heterocycles. The first kappa shape index (κ1) is 16.7. The number of piperazine rings is 1. The van der Waals surface area contributed by atoms with Crippen LogP contribution in [0.3, 0.4) is 0 Å². The molecule has 1 N–H and O–H groups in total. The molecule has 0 unspecified atom stereocenters. The number of carbonyl (C=O) groups excluding carboxylic acids is 1. The van der Waals surface area contributed by atoms with E-state index in [9.17, 15) is 9.18 Å². The van der Waals surface area contributed by atoms with Crippen LogP contribution in [0.5, 0.6) is 0 Å². The SMILES string of the molecule is COCCCNC(=O)CN1CCN(c2ccccc2F)CC1. The zero-order valence-electron chi connectivity index (χ0n) is 13.1. The molecule has 0 atom stereocenters. The summed E-state index contributed by atoms with van der Waals surface area (Å²) >= 11 is 0. The van der Waals surface area contributed by atoms with E-state index in [2.05, 4.69) is 10.2 Å². The summed E-state index contributed by atoms with van der Waals surface area (Å²) in [7, 11) is 1.65. The maximum Gasteiger partial charge on any atom is 0.234 e. The van der Waals surface area contributed by atoms with E-state index in [1.165, 1.54) is 6.07 Å².